The van der Waals surface area contributed by atoms with E-state index in [0.29, 0.717) is 18.5 Å². The predicted molar refractivity (Wildman–Crippen MR) is 109 cm³/mol. The van der Waals surface area contributed by atoms with Crippen molar-refractivity contribution >= 4 is 27.3 Å². The highest BCUT2D eigenvalue weighted by molar-refractivity contribution is 7.92. The Morgan fingerprint density at radius 2 is 2.17 bits per heavy atom. The summed E-state index contributed by atoms with van der Waals surface area (Å²) in [5.74, 6) is -0.971. The number of ether oxygens (including phenoxy) is 1. The van der Waals surface area contributed by atoms with Gasteiger partial charge in [0.25, 0.3) is 0 Å². The van der Waals surface area contributed by atoms with Gasteiger partial charge in [0.2, 0.25) is 5.91 Å². The molecule has 1 N–H and O–H groups in total. The molecule has 1 aromatic carbocycles. The van der Waals surface area contributed by atoms with E-state index in [0.717, 1.165) is 0 Å². The van der Waals surface area contributed by atoms with Crippen LogP contribution in [0, 0.1) is 17.2 Å². The van der Waals surface area contributed by atoms with Crippen LogP contribution in [0.2, 0.25) is 5.02 Å². The third-order valence-corrected chi connectivity index (χ3v) is 8.51. The number of rotatable bonds is 6. The number of hydrogen-bond acceptors (Lipinski definition) is 6. The molecule has 4 rings (SSSR count). The molecule has 30 heavy (non-hydrogen) atoms. The highest BCUT2D eigenvalue weighted by Crippen LogP contribution is 2.40. The summed E-state index contributed by atoms with van der Waals surface area (Å²) in [7, 11) is -2.32. The van der Waals surface area contributed by atoms with Crippen molar-refractivity contribution in [1.82, 2.24) is 15.1 Å². The van der Waals surface area contributed by atoms with Gasteiger partial charge in [0.1, 0.15) is 5.54 Å². The molecule has 2 saturated carbocycles. The second-order valence-corrected chi connectivity index (χ2v) is 10.4. The Kier molecular flexibility index (Phi) is 5.34. The molecule has 3 atom stereocenters. The van der Waals surface area contributed by atoms with Crippen LogP contribution < -0.4 is 5.32 Å². The molecule has 0 bridgehead atoms. The average Bonchev–Trinajstić information content (AvgIpc) is 3.13. The number of nitrogens with one attached hydrogen (secondary N) is 1. The lowest BCUT2D eigenvalue weighted by Crippen LogP contribution is -2.42. The maximum Gasteiger partial charge on any atom is 0.227 e. The van der Waals surface area contributed by atoms with E-state index in [-0.39, 0.29) is 28.7 Å². The van der Waals surface area contributed by atoms with Gasteiger partial charge < -0.3 is 10.1 Å². The quantitative estimate of drug-likeness (QED) is 0.725. The normalized spacial score (nSPS) is 24.9. The van der Waals surface area contributed by atoms with E-state index < -0.39 is 32.6 Å². The third kappa shape index (κ3) is 3.71. The zero-order valence-electron chi connectivity index (χ0n) is 16.3. The van der Waals surface area contributed by atoms with Gasteiger partial charge in [0, 0.05) is 19.5 Å². The van der Waals surface area contributed by atoms with E-state index in [2.05, 4.69) is 16.5 Å². The van der Waals surface area contributed by atoms with Crippen molar-refractivity contribution in [2.45, 2.75) is 47.5 Å². The standard InChI is InChI=1S/C20H21ClN4O4S/c1-29-17-11-14(10-15(17)19(26)24-20(12-22)5-6-20)30(27,28)18-4-3-13(9-16(18)21)25-8-2-7-23-25/h2-4,7-9,14-15,17H,5-6,10-11H2,1H3,(H,24,26)/t14-,15-,17-/m0/s1. The van der Waals surface area contributed by atoms with E-state index in [4.69, 9.17) is 16.3 Å². The number of methoxy groups -OCH3 is 1. The van der Waals surface area contributed by atoms with E-state index in [1.54, 1.807) is 35.3 Å². The summed E-state index contributed by atoms with van der Waals surface area (Å²) in [6.07, 6.45) is 4.34. The monoisotopic (exact) mass is 448 g/mol. The molecule has 158 valence electrons. The molecule has 0 radical (unpaired) electrons. The number of nitriles is 1. The van der Waals surface area contributed by atoms with Crippen molar-refractivity contribution in [2.75, 3.05) is 7.11 Å². The molecule has 0 saturated heterocycles. The lowest BCUT2D eigenvalue weighted by molar-refractivity contribution is -0.128. The number of nitrogens with zero attached hydrogens (tertiary/aromatic N) is 3. The van der Waals surface area contributed by atoms with Gasteiger partial charge in [0.15, 0.2) is 9.84 Å². The second-order valence-electron chi connectivity index (χ2n) is 7.77. The number of benzene rings is 1. The van der Waals surface area contributed by atoms with Crippen LogP contribution in [-0.4, -0.2) is 48.1 Å². The molecule has 1 aromatic heterocycles. The Labute approximate surface area is 179 Å². The fourth-order valence-corrected chi connectivity index (χ4v) is 6.28. The van der Waals surface area contributed by atoms with Gasteiger partial charge in [-0.1, -0.05) is 11.6 Å². The van der Waals surface area contributed by atoms with Gasteiger partial charge in [-0.25, -0.2) is 13.1 Å². The van der Waals surface area contributed by atoms with Gasteiger partial charge in [-0.15, -0.1) is 0 Å². The first-order chi connectivity index (χ1) is 14.3. The summed E-state index contributed by atoms with van der Waals surface area (Å²) in [5.41, 5.74) is -0.161. The summed E-state index contributed by atoms with van der Waals surface area (Å²) in [6, 6.07) is 8.54. The summed E-state index contributed by atoms with van der Waals surface area (Å²) in [4.78, 5) is 12.7. The number of carbonyl (C=O) groups is 1. The van der Waals surface area contributed by atoms with Gasteiger partial charge in [-0.05, 0) is 49.9 Å². The number of amides is 1. The van der Waals surface area contributed by atoms with Crippen LogP contribution >= 0.6 is 11.6 Å². The minimum Gasteiger partial charge on any atom is -0.381 e. The maximum atomic E-state index is 13.3. The third-order valence-electron chi connectivity index (χ3n) is 5.86. The molecule has 8 nitrogen and oxygen atoms in total. The maximum absolute atomic E-state index is 13.3. The van der Waals surface area contributed by atoms with Crippen LogP contribution in [-0.2, 0) is 19.4 Å². The smallest absolute Gasteiger partial charge is 0.227 e. The Balaban J connectivity index is 1.56. The Morgan fingerprint density at radius 1 is 1.40 bits per heavy atom. The fourth-order valence-electron chi connectivity index (χ4n) is 3.93. The van der Waals surface area contributed by atoms with E-state index in [1.807, 2.05) is 0 Å². The predicted octanol–water partition coefficient (Wildman–Crippen LogP) is 2.27. The molecule has 2 aliphatic carbocycles. The zero-order valence-corrected chi connectivity index (χ0v) is 17.9. The Morgan fingerprint density at radius 3 is 2.73 bits per heavy atom. The number of carbonyl (C=O) groups excluding carboxylic acids is 1. The number of hydrogen-bond donors (Lipinski definition) is 1. The molecule has 2 aliphatic rings. The molecule has 0 spiro atoms. The highest BCUT2D eigenvalue weighted by Gasteiger charge is 2.50. The van der Waals surface area contributed by atoms with Crippen LogP contribution in [0.25, 0.3) is 5.69 Å². The molecule has 2 aromatic rings. The summed E-state index contributed by atoms with van der Waals surface area (Å²) in [6.45, 7) is 0. The van der Waals surface area contributed by atoms with Crippen molar-refractivity contribution < 1.29 is 17.9 Å². The van der Waals surface area contributed by atoms with Crippen molar-refractivity contribution in [3.8, 4) is 11.8 Å². The topological polar surface area (TPSA) is 114 Å². The van der Waals surface area contributed by atoms with E-state index in [9.17, 15) is 18.5 Å². The number of halogens is 1. The van der Waals surface area contributed by atoms with Crippen LogP contribution in [0.15, 0.2) is 41.6 Å². The fraction of sp³-hybridized carbons (Fsp3) is 0.450. The Bertz CT molecular complexity index is 1110. The molecular weight excluding hydrogens is 428 g/mol. The molecule has 1 heterocycles. The lowest BCUT2D eigenvalue weighted by atomic mass is 10.0. The molecule has 1 amide bonds. The summed E-state index contributed by atoms with van der Waals surface area (Å²) >= 11 is 6.33. The molecular formula is C20H21ClN4O4S. The molecule has 0 aliphatic heterocycles. The van der Waals surface area contributed by atoms with Crippen LogP contribution in [0.1, 0.15) is 25.7 Å². The van der Waals surface area contributed by atoms with Crippen molar-refractivity contribution in [3.63, 3.8) is 0 Å². The first-order valence-electron chi connectivity index (χ1n) is 9.59. The zero-order chi connectivity index (χ0) is 21.5. The van der Waals surface area contributed by atoms with Crippen molar-refractivity contribution in [2.24, 2.45) is 5.92 Å². The largest absolute Gasteiger partial charge is 0.381 e. The first kappa shape index (κ1) is 20.8. The van der Waals surface area contributed by atoms with Crippen molar-refractivity contribution in [1.29, 1.82) is 5.26 Å². The number of aromatic nitrogens is 2. The van der Waals surface area contributed by atoms with Gasteiger partial charge in [-0.2, -0.15) is 10.4 Å². The van der Waals surface area contributed by atoms with E-state index >= 15 is 0 Å². The second kappa shape index (κ2) is 7.69. The summed E-state index contributed by atoms with van der Waals surface area (Å²) < 4.78 is 33.6. The molecule has 10 heteroatoms. The molecule has 0 unspecified atom stereocenters. The molecule has 2 fully saturated rings. The SMILES string of the molecule is CO[C@H]1C[C@@H](S(=O)(=O)c2ccc(-n3cccn3)cc2Cl)C[C@@H]1C(=O)NC1(C#N)CC1. The van der Waals surface area contributed by atoms with Crippen LogP contribution in [0.3, 0.4) is 0 Å². The average molecular weight is 449 g/mol. The van der Waals surface area contributed by atoms with Gasteiger partial charge in [-0.3, -0.25) is 4.79 Å². The number of sulfone groups is 1. The van der Waals surface area contributed by atoms with Gasteiger partial charge in [0.05, 0.1) is 38.9 Å². The lowest BCUT2D eigenvalue weighted by Gasteiger charge is -2.19. The minimum absolute atomic E-state index is 0.0247. The van der Waals surface area contributed by atoms with Crippen LogP contribution in [0.5, 0.6) is 0 Å². The highest BCUT2D eigenvalue weighted by atomic mass is 35.5. The first-order valence-corrected chi connectivity index (χ1v) is 11.5. The minimum atomic E-state index is -3.78. The van der Waals surface area contributed by atoms with Crippen molar-refractivity contribution in [3.05, 3.63) is 41.7 Å². The summed E-state index contributed by atoms with van der Waals surface area (Å²) in [5, 5.41) is 15.4. The Hall–Kier alpha value is -2.41. The van der Waals surface area contributed by atoms with Crippen LogP contribution in [0.4, 0.5) is 0 Å². The van der Waals surface area contributed by atoms with E-state index in [1.165, 1.54) is 13.2 Å². The van der Waals surface area contributed by atoms with Gasteiger partial charge >= 0.3 is 0 Å².